The Morgan fingerprint density at radius 3 is 1.80 bits per heavy atom. The number of para-hydroxylation sites is 1. The van der Waals surface area contributed by atoms with Crippen LogP contribution in [0.1, 0.15) is 16.7 Å². The highest BCUT2D eigenvalue weighted by Gasteiger charge is 2.18. The van der Waals surface area contributed by atoms with E-state index in [-0.39, 0.29) is 0 Å². The molecule has 0 bridgehead atoms. The predicted molar refractivity (Wildman–Crippen MR) is 171 cm³/mol. The summed E-state index contributed by atoms with van der Waals surface area (Å²) in [5.74, 6) is 0. The Morgan fingerprint density at radius 2 is 1.05 bits per heavy atom. The van der Waals surface area contributed by atoms with E-state index in [1.54, 1.807) is 12.1 Å². The maximum absolute atomic E-state index is 9.97. The van der Waals surface area contributed by atoms with Crippen molar-refractivity contribution in [2.24, 2.45) is 0 Å². The smallest absolute Gasteiger partial charge is 0.143 e. The van der Waals surface area contributed by atoms with Crippen LogP contribution in [0, 0.1) is 34.0 Å². The van der Waals surface area contributed by atoms with Gasteiger partial charge in [-0.05, 0) is 94.5 Å². The van der Waals surface area contributed by atoms with E-state index in [2.05, 4.69) is 42.5 Å². The second-order valence-corrected chi connectivity index (χ2v) is 10.7. The van der Waals surface area contributed by atoms with Gasteiger partial charge in [0.05, 0.1) is 34.9 Å². The summed E-state index contributed by atoms with van der Waals surface area (Å²) in [4.78, 5) is 0. The molecule has 6 aromatic carbocycles. The molecule has 8 rings (SSSR count). The normalized spacial score (nSPS) is 11.1. The Kier molecular flexibility index (Phi) is 5.56. The second-order valence-electron chi connectivity index (χ2n) is 10.7. The molecule has 0 fully saturated rings. The van der Waals surface area contributed by atoms with Crippen LogP contribution >= 0.6 is 0 Å². The predicted octanol–water partition coefficient (Wildman–Crippen LogP) is 10.1. The Hall–Kier alpha value is -6.61. The van der Waals surface area contributed by atoms with Crippen LogP contribution in [0.4, 0.5) is 0 Å². The van der Waals surface area contributed by atoms with Crippen LogP contribution in [0.3, 0.4) is 0 Å². The number of nitriles is 3. The van der Waals surface area contributed by atoms with E-state index in [0.717, 1.165) is 66.1 Å². The molecule has 5 nitrogen and oxygen atoms in total. The zero-order valence-corrected chi connectivity index (χ0v) is 23.1. The lowest BCUT2D eigenvalue weighted by Gasteiger charge is -2.13. The molecule has 5 heteroatoms. The van der Waals surface area contributed by atoms with E-state index in [9.17, 15) is 15.8 Å². The first-order valence-electron chi connectivity index (χ1n) is 14.0. The summed E-state index contributed by atoms with van der Waals surface area (Å²) in [5, 5.41) is 32.7. The summed E-state index contributed by atoms with van der Waals surface area (Å²) >= 11 is 0. The molecule has 0 radical (unpaired) electrons. The summed E-state index contributed by atoms with van der Waals surface area (Å²) in [6.07, 6.45) is 0. The third kappa shape index (κ3) is 3.84. The minimum atomic E-state index is 0.559. The van der Waals surface area contributed by atoms with Gasteiger partial charge in [0.2, 0.25) is 0 Å². The number of nitrogens with zero attached hydrogens (tertiary/aromatic N) is 3. The molecule has 0 saturated heterocycles. The number of hydrogen-bond donors (Lipinski definition) is 0. The highest BCUT2D eigenvalue weighted by atomic mass is 16.3. The SMILES string of the molecule is N#Cc1ccc2oc3c(-c4cc(-c5ccccc5C#N)cc(-c5cccc6oc7ccc(C#N)cc7c56)c4)cccc3c2c1. The van der Waals surface area contributed by atoms with Crippen LogP contribution in [0.15, 0.2) is 124 Å². The maximum atomic E-state index is 9.97. The highest BCUT2D eigenvalue weighted by molar-refractivity contribution is 6.14. The topological polar surface area (TPSA) is 97.7 Å². The summed E-state index contributed by atoms with van der Waals surface area (Å²) in [5.41, 5.74) is 9.97. The summed E-state index contributed by atoms with van der Waals surface area (Å²) in [6, 6.07) is 43.6. The average Bonchev–Trinajstić information content (AvgIpc) is 3.65. The number of rotatable bonds is 3. The van der Waals surface area contributed by atoms with Gasteiger partial charge in [-0.1, -0.05) is 48.5 Å². The van der Waals surface area contributed by atoms with Crippen LogP contribution < -0.4 is 0 Å². The fourth-order valence-corrected chi connectivity index (χ4v) is 6.16. The largest absolute Gasteiger partial charge is 0.456 e. The fourth-order valence-electron chi connectivity index (χ4n) is 6.16. The maximum Gasteiger partial charge on any atom is 0.143 e. The van der Waals surface area contributed by atoms with Crippen molar-refractivity contribution in [3.63, 3.8) is 0 Å². The summed E-state index contributed by atoms with van der Waals surface area (Å²) < 4.78 is 12.6. The minimum Gasteiger partial charge on any atom is -0.456 e. The monoisotopic (exact) mass is 561 g/mol. The fraction of sp³-hybridized carbons (Fsp3) is 0. The van der Waals surface area contributed by atoms with Crippen LogP contribution in [0.5, 0.6) is 0 Å². The van der Waals surface area contributed by atoms with E-state index in [4.69, 9.17) is 8.83 Å². The molecule has 8 aromatic rings. The van der Waals surface area contributed by atoms with Crippen molar-refractivity contribution in [2.45, 2.75) is 0 Å². The molecule has 0 aliphatic carbocycles. The molecule has 0 spiro atoms. The van der Waals surface area contributed by atoms with E-state index < -0.39 is 0 Å². The molecule has 202 valence electrons. The third-order valence-electron chi connectivity index (χ3n) is 8.16. The summed E-state index contributed by atoms with van der Waals surface area (Å²) in [7, 11) is 0. The van der Waals surface area contributed by atoms with Gasteiger partial charge in [-0.2, -0.15) is 15.8 Å². The van der Waals surface area contributed by atoms with Crippen LogP contribution in [0.25, 0.3) is 77.3 Å². The van der Waals surface area contributed by atoms with Gasteiger partial charge in [0, 0.05) is 27.1 Å². The van der Waals surface area contributed by atoms with E-state index in [0.29, 0.717) is 27.9 Å². The zero-order valence-electron chi connectivity index (χ0n) is 23.1. The Labute approximate surface area is 251 Å². The van der Waals surface area contributed by atoms with Gasteiger partial charge in [-0.25, -0.2) is 0 Å². The second kappa shape index (κ2) is 9.74. The standard InChI is InChI=1S/C39H19N3O2/c40-20-23-11-13-35-33(15-23)32-9-3-8-31(39(32)44-35)28-18-26(29-6-2-1-5-25(29)22-42)17-27(19-28)30-7-4-10-37-38(30)34-16-24(21-41)12-14-36(34)43-37/h1-19H. The van der Waals surface area contributed by atoms with Crippen molar-refractivity contribution in [3.8, 4) is 51.6 Å². The Balaban J connectivity index is 1.45. The van der Waals surface area contributed by atoms with Gasteiger partial charge in [0.1, 0.15) is 22.3 Å². The molecule has 2 aromatic heterocycles. The van der Waals surface area contributed by atoms with Gasteiger partial charge in [-0.3, -0.25) is 0 Å². The van der Waals surface area contributed by atoms with Gasteiger partial charge >= 0.3 is 0 Å². The van der Waals surface area contributed by atoms with Crippen molar-refractivity contribution < 1.29 is 8.83 Å². The van der Waals surface area contributed by atoms with Crippen molar-refractivity contribution in [3.05, 3.63) is 132 Å². The Bertz CT molecular complexity index is 2600. The molecular weight excluding hydrogens is 542 g/mol. The van der Waals surface area contributed by atoms with Crippen LogP contribution in [-0.2, 0) is 0 Å². The van der Waals surface area contributed by atoms with Gasteiger partial charge < -0.3 is 8.83 Å². The molecule has 0 aliphatic rings. The van der Waals surface area contributed by atoms with E-state index >= 15 is 0 Å². The Morgan fingerprint density at radius 1 is 0.432 bits per heavy atom. The van der Waals surface area contributed by atoms with Crippen LogP contribution in [0.2, 0.25) is 0 Å². The van der Waals surface area contributed by atoms with Crippen molar-refractivity contribution in [1.29, 1.82) is 15.8 Å². The molecule has 0 amide bonds. The number of hydrogen-bond acceptors (Lipinski definition) is 5. The van der Waals surface area contributed by atoms with Gasteiger partial charge in [0.15, 0.2) is 0 Å². The molecule has 0 unspecified atom stereocenters. The van der Waals surface area contributed by atoms with E-state index in [1.165, 1.54) is 0 Å². The van der Waals surface area contributed by atoms with E-state index in [1.807, 2.05) is 78.9 Å². The molecule has 0 saturated carbocycles. The quantitative estimate of drug-likeness (QED) is 0.214. The van der Waals surface area contributed by atoms with Crippen molar-refractivity contribution in [2.75, 3.05) is 0 Å². The first-order valence-corrected chi connectivity index (χ1v) is 14.0. The first-order chi connectivity index (χ1) is 21.6. The summed E-state index contributed by atoms with van der Waals surface area (Å²) in [6.45, 7) is 0. The number of furan rings is 2. The third-order valence-corrected chi connectivity index (χ3v) is 8.16. The van der Waals surface area contributed by atoms with Crippen molar-refractivity contribution in [1.82, 2.24) is 0 Å². The number of benzene rings is 6. The molecule has 0 atom stereocenters. The zero-order chi connectivity index (χ0) is 29.8. The lowest BCUT2D eigenvalue weighted by Crippen LogP contribution is -1.89. The van der Waals surface area contributed by atoms with Gasteiger partial charge in [-0.15, -0.1) is 0 Å². The molecule has 0 aliphatic heterocycles. The van der Waals surface area contributed by atoms with Crippen LogP contribution in [-0.4, -0.2) is 0 Å². The minimum absolute atomic E-state index is 0.559. The molecule has 2 heterocycles. The average molecular weight is 562 g/mol. The lowest BCUT2D eigenvalue weighted by molar-refractivity contribution is 0.669. The first kappa shape index (κ1) is 25.1. The highest BCUT2D eigenvalue weighted by Crippen LogP contribution is 2.42. The molecular formula is C39H19N3O2. The lowest BCUT2D eigenvalue weighted by atomic mass is 9.90. The molecule has 44 heavy (non-hydrogen) atoms. The number of fused-ring (bicyclic) bond motifs is 6. The van der Waals surface area contributed by atoms with Gasteiger partial charge in [0.25, 0.3) is 0 Å². The van der Waals surface area contributed by atoms with Crippen molar-refractivity contribution >= 4 is 43.9 Å². The molecule has 0 N–H and O–H groups in total.